The van der Waals surface area contributed by atoms with Crippen molar-refractivity contribution < 1.29 is 14.6 Å². The molecule has 6 heteroatoms. The molecule has 1 atom stereocenters. The van der Waals surface area contributed by atoms with Crippen LogP contribution in [0.1, 0.15) is 19.4 Å². The van der Waals surface area contributed by atoms with Crippen LogP contribution in [0.25, 0.3) is 0 Å². The van der Waals surface area contributed by atoms with E-state index in [9.17, 15) is 4.79 Å². The predicted molar refractivity (Wildman–Crippen MR) is 70.4 cm³/mol. The summed E-state index contributed by atoms with van der Waals surface area (Å²) in [5, 5.41) is 8.98. The predicted octanol–water partition coefficient (Wildman–Crippen LogP) is 1.34. The standard InChI is InChI=1S/C13H19N3O3/c1-4-19-12-9(3)11(14-7-15-12)16-5-10(6-16)8(2)13(17)18/h7-8,10H,4-6H2,1-3H3,(H,17,18). The third kappa shape index (κ3) is 2.62. The molecule has 0 amide bonds. The molecular weight excluding hydrogens is 246 g/mol. The molecule has 0 aromatic carbocycles. The largest absolute Gasteiger partial charge is 0.481 e. The molecule has 104 valence electrons. The van der Waals surface area contributed by atoms with Crippen molar-refractivity contribution in [2.24, 2.45) is 11.8 Å². The van der Waals surface area contributed by atoms with Crippen LogP contribution in [0.15, 0.2) is 6.33 Å². The van der Waals surface area contributed by atoms with Crippen molar-refractivity contribution in [1.29, 1.82) is 0 Å². The van der Waals surface area contributed by atoms with Gasteiger partial charge in [-0.15, -0.1) is 0 Å². The number of hydrogen-bond donors (Lipinski definition) is 1. The molecule has 0 spiro atoms. The molecule has 0 saturated carbocycles. The molecule has 1 aliphatic rings. The number of anilines is 1. The Morgan fingerprint density at radius 3 is 2.84 bits per heavy atom. The summed E-state index contributed by atoms with van der Waals surface area (Å²) in [6.07, 6.45) is 1.49. The first-order valence-electron chi connectivity index (χ1n) is 6.46. The van der Waals surface area contributed by atoms with Crippen LogP contribution in [0.2, 0.25) is 0 Å². The maximum atomic E-state index is 10.9. The van der Waals surface area contributed by atoms with Gasteiger partial charge in [-0.3, -0.25) is 4.79 Å². The molecule has 1 unspecified atom stereocenters. The Bertz CT molecular complexity index is 472. The molecule has 0 radical (unpaired) electrons. The van der Waals surface area contributed by atoms with Crippen LogP contribution in [0, 0.1) is 18.8 Å². The van der Waals surface area contributed by atoms with Crippen molar-refractivity contribution in [2.75, 3.05) is 24.6 Å². The van der Waals surface area contributed by atoms with Gasteiger partial charge in [0.15, 0.2) is 0 Å². The van der Waals surface area contributed by atoms with Crippen LogP contribution >= 0.6 is 0 Å². The van der Waals surface area contributed by atoms with E-state index in [0.717, 1.165) is 24.5 Å². The molecule has 1 fully saturated rings. The molecule has 0 aliphatic carbocycles. The minimum atomic E-state index is -0.737. The fraction of sp³-hybridized carbons (Fsp3) is 0.615. The highest BCUT2D eigenvalue weighted by molar-refractivity contribution is 5.70. The highest BCUT2D eigenvalue weighted by atomic mass is 16.5. The second-order valence-corrected chi connectivity index (χ2v) is 4.85. The van der Waals surface area contributed by atoms with Crippen molar-refractivity contribution >= 4 is 11.8 Å². The van der Waals surface area contributed by atoms with Crippen LogP contribution < -0.4 is 9.64 Å². The Hall–Kier alpha value is -1.85. The summed E-state index contributed by atoms with van der Waals surface area (Å²) in [7, 11) is 0. The minimum Gasteiger partial charge on any atom is -0.481 e. The Kier molecular flexibility index (Phi) is 3.87. The van der Waals surface area contributed by atoms with Gasteiger partial charge in [-0.2, -0.15) is 0 Å². The maximum absolute atomic E-state index is 10.9. The van der Waals surface area contributed by atoms with E-state index in [1.807, 2.05) is 13.8 Å². The summed E-state index contributed by atoms with van der Waals surface area (Å²) >= 11 is 0. The van der Waals surface area contributed by atoms with E-state index < -0.39 is 5.97 Å². The van der Waals surface area contributed by atoms with Crippen molar-refractivity contribution in [3.8, 4) is 5.88 Å². The normalized spacial score (nSPS) is 16.9. The molecule has 0 bridgehead atoms. The van der Waals surface area contributed by atoms with Crippen LogP contribution in [0.5, 0.6) is 5.88 Å². The van der Waals surface area contributed by atoms with Gasteiger partial charge in [-0.25, -0.2) is 9.97 Å². The van der Waals surface area contributed by atoms with E-state index in [1.54, 1.807) is 6.92 Å². The Morgan fingerprint density at radius 1 is 1.58 bits per heavy atom. The first kappa shape index (κ1) is 13.6. The number of carbonyl (C=O) groups is 1. The third-order valence-electron chi connectivity index (χ3n) is 3.60. The highest BCUT2D eigenvalue weighted by Crippen LogP contribution is 2.32. The van der Waals surface area contributed by atoms with Gasteiger partial charge < -0.3 is 14.7 Å². The monoisotopic (exact) mass is 265 g/mol. The number of carboxylic acid groups (broad SMARTS) is 1. The fourth-order valence-electron chi connectivity index (χ4n) is 2.23. The lowest BCUT2D eigenvalue weighted by Crippen LogP contribution is -2.51. The Labute approximate surface area is 112 Å². The van der Waals surface area contributed by atoms with E-state index in [-0.39, 0.29) is 11.8 Å². The zero-order valence-corrected chi connectivity index (χ0v) is 11.5. The second kappa shape index (κ2) is 5.42. The summed E-state index contributed by atoms with van der Waals surface area (Å²) in [5.41, 5.74) is 0.908. The third-order valence-corrected chi connectivity index (χ3v) is 3.60. The van der Waals surface area contributed by atoms with Crippen molar-refractivity contribution in [1.82, 2.24) is 9.97 Å². The Morgan fingerprint density at radius 2 is 2.26 bits per heavy atom. The van der Waals surface area contributed by atoms with Gasteiger partial charge >= 0.3 is 5.97 Å². The van der Waals surface area contributed by atoms with Gasteiger partial charge in [0.2, 0.25) is 5.88 Å². The van der Waals surface area contributed by atoms with Gasteiger partial charge in [0, 0.05) is 19.0 Å². The van der Waals surface area contributed by atoms with Crippen molar-refractivity contribution in [3.05, 3.63) is 11.9 Å². The van der Waals surface area contributed by atoms with Crippen molar-refractivity contribution in [3.63, 3.8) is 0 Å². The van der Waals surface area contributed by atoms with Gasteiger partial charge in [0.05, 0.1) is 18.1 Å². The maximum Gasteiger partial charge on any atom is 0.306 e. The lowest BCUT2D eigenvalue weighted by Gasteiger charge is -2.42. The van der Waals surface area contributed by atoms with Gasteiger partial charge in [0.1, 0.15) is 12.1 Å². The van der Waals surface area contributed by atoms with Crippen molar-refractivity contribution in [2.45, 2.75) is 20.8 Å². The summed E-state index contributed by atoms with van der Waals surface area (Å²) in [6, 6.07) is 0. The lowest BCUT2D eigenvalue weighted by atomic mass is 9.87. The summed E-state index contributed by atoms with van der Waals surface area (Å²) in [6.45, 7) is 7.59. The molecule has 1 saturated heterocycles. The molecule has 19 heavy (non-hydrogen) atoms. The summed E-state index contributed by atoms with van der Waals surface area (Å²) < 4.78 is 5.44. The van der Waals surface area contributed by atoms with E-state index >= 15 is 0 Å². The lowest BCUT2D eigenvalue weighted by molar-refractivity contribution is -0.143. The van der Waals surface area contributed by atoms with Gasteiger partial charge in [-0.05, 0) is 13.8 Å². The summed E-state index contributed by atoms with van der Waals surface area (Å²) in [4.78, 5) is 21.4. The van der Waals surface area contributed by atoms with Crippen LogP contribution in [0.3, 0.4) is 0 Å². The van der Waals surface area contributed by atoms with Crippen LogP contribution in [0.4, 0.5) is 5.82 Å². The van der Waals surface area contributed by atoms with E-state index in [2.05, 4.69) is 14.9 Å². The first-order valence-corrected chi connectivity index (χ1v) is 6.46. The number of carboxylic acids is 1. The average Bonchev–Trinajstić information content (AvgIpc) is 2.31. The molecule has 1 aromatic heterocycles. The molecule has 2 heterocycles. The zero-order valence-electron chi connectivity index (χ0n) is 11.5. The van der Waals surface area contributed by atoms with Gasteiger partial charge in [-0.1, -0.05) is 6.92 Å². The molecule has 2 rings (SSSR count). The van der Waals surface area contributed by atoms with E-state index in [1.165, 1.54) is 6.33 Å². The smallest absolute Gasteiger partial charge is 0.306 e. The molecule has 1 N–H and O–H groups in total. The highest BCUT2D eigenvalue weighted by Gasteiger charge is 2.36. The van der Waals surface area contributed by atoms with Crippen LogP contribution in [-0.2, 0) is 4.79 Å². The molecule has 1 aliphatic heterocycles. The van der Waals surface area contributed by atoms with E-state index in [4.69, 9.17) is 9.84 Å². The first-order chi connectivity index (χ1) is 9.04. The molecule has 6 nitrogen and oxygen atoms in total. The SMILES string of the molecule is CCOc1ncnc(N2CC(C(C)C(=O)O)C2)c1C. The number of aromatic nitrogens is 2. The second-order valence-electron chi connectivity index (χ2n) is 4.85. The summed E-state index contributed by atoms with van der Waals surface area (Å²) in [5.74, 6) is 0.570. The number of hydrogen-bond acceptors (Lipinski definition) is 5. The van der Waals surface area contributed by atoms with E-state index in [0.29, 0.717) is 12.5 Å². The average molecular weight is 265 g/mol. The molecule has 1 aromatic rings. The zero-order chi connectivity index (χ0) is 14.0. The quantitative estimate of drug-likeness (QED) is 0.866. The topological polar surface area (TPSA) is 75.6 Å². The van der Waals surface area contributed by atoms with Crippen LogP contribution in [-0.4, -0.2) is 40.7 Å². The Balaban J connectivity index is 2.06. The number of nitrogens with zero attached hydrogens (tertiary/aromatic N) is 3. The number of rotatable bonds is 5. The molecular formula is C13H19N3O3. The number of aliphatic carboxylic acids is 1. The minimum absolute atomic E-state index is 0.183. The van der Waals surface area contributed by atoms with Gasteiger partial charge in [0.25, 0.3) is 0 Å². The number of ether oxygens (including phenoxy) is 1. The fourth-order valence-corrected chi connectivity index (χ4v) is 2.23.